The molecule has 0 heteroatoms. The van der Waals surface area contributed by atoms with E-state index in [0.29, 0.717) is 0 Å². The van der Waals surface area contributed by atoms with Crippen LogP contribution in [-0.4, -0.2) is 0 Å². The highest BCUT2D eigenvalue weighted by atomic mass is 14.6. The van der Waals surface area contributed by atoms with Gasteiger partial charge in [0.05, 0.1) is 0 Å². The van der Waals surface area contributed by atoms with Gasteiger partial charge in [-0.2, -0.15) is 0 Å². The Morgan fingerprint density at radius 2 is 0.571 bits per heavy atom. The molecule has 0 heterocycles. The van der Waals surface area contributed by atoms with Gasteiger partial charge >= 0.3 is 0 Å². The molecule has 4 aromatic carbocycles. The van der Waals surface area contributed by atoms with Crippen molar-refractivity contribution in [3.8, 4) is 33.4 Å². The zero-order chi connectivity index (χ0) is 27.5. The van der Waals surface area contributed by atoms with Crippen LogP contribution in [0.2, 0.25) is 0 Å². The Kier molecular flexibility index (Phi) is 4.92. The lowest BCUT2D eigenvalue weighted by Gasteiger charge is -2.42. The van der Waals surface area contributed by atoms with Gasteiger partial charge in [-0.25, -0.2) is 0 Å². The Morgan fingerprint density at radius 1 is 0.310 bits per heavy atom. The van der Waals surface area contributed by atoms with E-state index in [4.69, 9.17) is 0 Å². The van der Waals surface area contributed by atoms with Gasteiger partial charge in [-0.1, -0.05) is 131 Å². The first-order chi connectivity index (χ1) is 20.8. The topological polar surface area (TPSA) is 0 Å². The highest BCUT2D eigenvalue weighted by molar-refractivity contribution is 6.05. The van der Waals surface area contributed by atoms with Crippen molar-refractivity contribution in [1.82, 2.24) is 0 Å². The van der Waals surface area contributed by atoms with Crippen molar-refractivity contribution in [3.05, 3.63) is 106 Å². The van der Waals surface area contributed by atoms with Gasteiger partial charge in [0.1, 0.15) is 0 Å². The third kappa shape index (κ3) is 2.73. The maximum absolute atomic E-state index is 2.55. The fraction of sp³-hybridized carbons (Fsp3) is 0.429. The third-order valence-corrected chi connectivity index (χ3v) is 13.2. The van der Waals surface area contributed by atoms with Gasteiger partial charge in [-0.15, -0.1) is 0 Å². The Morgan fingerprint density at radius 3 is 0.857 bits per heavy atom. The minimum absolute atomic E-state index is 0.168. The molecule has 0 nitrogen and oxygen atoms in total. The highest BCUT2D eigenvalue weighted by Crippen LogP contribution is 2.72. The first kappa shape index (κ1) is 24.3. The summed E-state index contributed by atoms with van der Waals surface area (Å²) >= 11 is 0. The fourth-order valence-electron chi connectivity index (χ4n) is 11.8. The molecule has 0 bridgehead atoms. The van der Waals surface area contributed by atoms with Crippen LogP contribution >= 0.6 is 0 Å². The van der Waals surface area contributed by atoms with E-state index in [1.54, 1.807) is 66.8 Å². The number of hydrogen-bond acceptors (Lipinski definition) is 0. The van der Waals surface area contributed by atoms with Crippen LogP contribution in [0.1, 0.15) is 130 Å². The molecule has 4 aromatic rings. The van der Waals surface area contributed by atoms with Crippen molar-refractivity contribution in [1.29, 1.82) is 0 Å². The van der Waals surface area contributed by atoms with E-state index in [1.165, 1.54) is 96.3 Å². The monoisotopic (exact) mass is 546 g/mol. The minimum atomic E-state index is 0.168. The number of benzene rings is 4. The molecular weight excluding hydrogens is 504 g/mol. The molecule has 0 radical (unpaired) electrons. The smallest absolute Gasteiger partial charge is 0.0221 e. The molecule has 3 saturated carbocycles. The van der Waals surface area contributed by atoms with Gasteiger partial charge in [0.2, 0.25) is 0 Å². The normalized spacial score (nSPS) is 22.9. The lowest BCUT2D eigenvalue weighted by molar-refractivity contribution is 0.342. The van der Waals surface area contributed by atoms with Gasteiger partial charge in [-0.05, 0) is 105 Å². The second kappa shape index (κ2) is 8.49. The van der Waals surface area contributed by atoms with Crippen LogP contribution in [-0.2, 0) is 16.2 Å². The van der Waals surface area contributed by atoms with Crippen LogP contribution in [0.15, 0.2) is 72.8 Å². The first-order valence-electron chi connectivity index (χ1n) is 17.4. The average Bonchev–Trinajstić information content (AvgIpc) is 3.60. The van der Waals surface area contributed by atoms with E-state index < -0.39 is 0 Å². The van der Waals surface area contributed by atoms with Crippen LogP contribution in [0.4, 0.5) is 0 Å². The molecule has 6 aliphatic rings. The molecule has 0 amide bonds. The summed E-state index contributed by atoms with van der Waals surface area (Å²) in [4.78, 5) is 0. The summed E-state index contributed by atoms with van der Waals surface area (Å²) in [5.41, 5.74) is 20.7. The summed E-state index contributed by atoms with van der Waals surface area (Å²) in [5.74, 6) is 0. The number of rotatable bonds is 0. The molecular formula is C42H42. The summed E-state index contributed by atoms with van der Waals surface area (Å²) in [6, 6.07) is 29.3. The van der Waals surface area contributed by atoms with Crippen LogP contribution < -0.4 is 0 Å². The van der Waals surface area contributed by atoms with E-state index in [-0.39, 0.29) is 16.2 Å². The Balaban J connectivity index is 1.45. The number of hydrogen-bond donors (Lipinski definition) is 0. The SMILES string of the molecule is c1ccc2c(c1)-c1c(c3c(c4c1C1(CCCCC1)c1ccccc1-4)C1(CCCCC1)c1ccccc1-3)C21CCCCC1. The van der Waals surface area contributed by atoms with Crippen molar-refractivity contribution >= 4 is 0 Å². The summed E-state index contributed by atoms with van der Waals surface area (Å²) in [5, 5.41) is 0. The predicted molar refractivity (Wildman–Crippen MR) is 174 cm³/mol. The largest absolute Gasteiger partial charge is 0.0619 e. The summed E-state index contributed by atoms with van der Waals surface area (Å²) < 4.78 is 0. The summed E-state index contributed by atoms with van der Waals surface area (Å²) in [6.45, 7) is 0. The third-order valence-electron chi connectivity index (χ3n) is 13.2. The van der Waals surface area contributed by atoms with Crippen molar-refractivity contribution in [2.45, 2.75) is 113 Å². The van der Waals surface area contributed by atoms with Gasteiger partial charge in [0.25, 0.3) is 0 Å². The van der Waals surface area contributed by atoms with E-state index in [0.717, 1.165) is 0 Å². The highest BCUT2D eigenvalue weighted by Gasteiger charge is 2.58. The quantitative estimate of drug-likeness (QED) is 0.206. The van der Waals surface area contributed by atoms with E-state index in [1.807, 2.05) is 0 Å². The average molecular weight is 547 g/mol. The van der Waals surface area contributed by atoms with Crippen molar-refractivity contribution < 1.29 is 0 Å². The predicted octanol–water partition coefficient (Wildman–Crippen LogP) is 11.4. The number of fused-ring (bicyclic) bond motifs is 18. The molecule has 3 spiro atoms. The van der Waals surface area contributed by atoms with Crippen LogP contribution in [0.25, 0.3) is 33.4 Å². The van der Waals surface area contributed by atoms with Crippen LogP contribution in [0, 0.1) is 0 Å². The van der Waals surface area contributed by atoms with Crippen molar-refractivity contribution in [3.63, 3.8) is 0 Å². The lowest BCUT2D eigenvalue weighted by atomic mass is 9.61. The Bertz CT molecular complexity index is 1530. The van der Waals surface area contributed by atoms with E-state index >= 15 is 0 Å². The molecule has 0 atom stereocenters. The molecule has 0 N–H and O–H groups in total. The molecule has 0 saturated heterocycles. The first-order valence-corrected chi connectivity index (χ1v) is 17.4. The Hall–Kier alpha value is -3.12. The molecule has 0 aliphatic heterocycles. The van der Waals surface area contributed by atoms with Crippen LogP contribution in [0.5, 0.6) is 0 Å². The van der Waals surface area contributed by atoms with Crippen LogP contribution in [0.3, 0.4) is 0 Å². The summed E-state index contributed by atoms with van der Waals surface area (Å²) in [6.07, 6.45) is 20.2. The van der Waals surface area contributed by atoms with Gasteiger partial charge < -0.3 is 0 Å². The van der Waals surface area contributed by atoms with Gasteiger partial charge in [0, 0.05) is 16.2 Å². The van der Waals surface area contributed by atoms with Crippen molar-refractivity contribution in [2.24, 2.45) is 0 Å². The molecule has 210 valence electrons. The van der Waals surface area contributed by atoms with E-state index in [2.05, 4.69) is 72.8 Å². The lowest BCUT2D eigenvalue weighted by Crippen LogP contribution is -2.33. The van der Waals surface area contributed by atoms with Gasteiger partial charge in [-0.3, -0.25) is 0 Å². The maximum Gasteiger partial charge on any atom is 0.0221 e. The minimum Gasteiger partial charge on any atom is -0.0619 e. The molecule has 10 rings (SSSR count). The second-order valence-corrected chi connectivity index (χ2v) is 14.8. The summed E-state index contributed by atoms with van der Waals surface area (Å²) in [7, 11) is 0. The Labute approximate surface area is 251 Å². The molecule has 42 heavy (non-hydrogen) atoms. The zero-order valence-electron chi connectivity index (χ0n) is 25.0. The van der Waals surface area contributed by atoms with E-state index in [9.17, 15) is 0 Å². The fourth-order valence-corrected chi connectivity index (χ4v) is 11.8. The molecule has 0 unspecified atom stereocenters. The molecule has 3 fully saturated rings. The zero-order valence-corrected chi connectivity index (χ0v) is 25.0. The molecule has 6 aliphatic carbocycles. The van der Waals surface area contributed by atoms with Crippen molar-refractivity contribution in [2.75, 3.05) is 0 Å². The maximum atomic E-state index is 2.55. The van der Waals surface area contributed by atoms with Gasteiger partial charge in [0.15, 0.2) is 0 Å². The molecule has 0 aromatic heterocycles. The second-order valence-electron chi connectivity index (χ2n) is 14.8. The standard InChI is InChI=1S/C42H42/c1-10-22-40(23-11-1)31-19-7-4-16-28(31)34-37(40)35-29-17-5-8-20-32(29)41(24-12-2-13-25-41)39(35)36-30-18-6-9-21-33(30)42(38(34)36)26-14-3-15-27-42/h4-9,16-21H,1-3,10-15,22-27H2.